The summed E-state index contributed by atoms with van der Waals surface area (Å²) in [5.41, 5.74) is 14.5. The molecule has 0 fully saturated rings. The van der Waals surface area contributed by atoms with E-state index < -0.39 is 0 Å². The fraction of sp³-hybridized carbons (Fsp3) is 0.0943. The second-order valence-corrected chi connectivity index (χ2v) is 15.7. The van der Waals surface area contributed by atoms with Crippen molar-refractivity contribution >= 4 is 57.4 Å². The molecule has 0 radical (unpaired) electrons. The fourth-order valence-electron chi connectivity index (χ4n) is 9.39. The van der Waals surface area contributed by atoms with Crippen molar-refractivity contribution < 1.29 is 4.74 Å². The standard InChI is InChI=1S/C53H40N2O/c1-53(2)44-33-35(26-31-41(44)42-32-30-39(34-45(42)53)54-49-20-7-9-23-51(49)56-52-24-10-8-21-50(52)54)25-27-36-15-11-17-43-40(36)16-12-22-48(43)55-46-18-5-3-13-37(46)28-29-38-14-4-6-19-47(38)55/h3-34,37,46H,1-2H3. The zero-order valence-electron chi connectivity index (χ0n) is 31.4. The van der Waals surface area contributed by atoms with E-state index in [9.17, 15) is 0 Å². The Hall–Kier alpha value is -6.84. The second-order valence-electron chi connectivity index (χ2n) is 15.7. The first-order valence-electron chi connectivity index (χ1n) is 19.6. The highest BCUT2D eigenvalue weighted by molar-refractivity contribution is 6.02. The number of fused-ring (bicyclic) bond motifs is 8. The van der Waals surface area contributed by atoms with E-state index in [0.717, 1.165) is 28.6 Å². The van der Waals surface area contributed by atoms with Gasteiger partial charge in [0.05, 0.1) is 17.4 Å². The van der Waals surface area contributed by atoms with Gasteiger partial charge >= 0.3 is 0 Å². The quantitative estimate of drug-likeness (QED) is 0.168. The minimum atomic E-state index is -0.177. The zero-order valence-corrected chi connectivity index (χ0v) is 31.4. The van der Waals surface area contributed by atoms with Gasteiger partial charge in [0.1, 0.15) is 0 Å². The smallest absolute Gasteiger partial charge is 0.151 e. The summed E-state index contributed by atoms with van der Waals surface area (Å²) in [6.07, 6.45) is 18.2. The van der Waals surface area contributed by atoms with Gasteiger partial charge < -0.3 is 14.5 Å². The highest BCUT2D eigenvalue weighted by atomic mass is 16.5. The normalized spacial score (nSPS) is 18.1. The minimum absolute atomic E-state index is 0.177. The van der Waals surface area contributed by atoms with E-state index in [1.807, 2.05) is 24.3 Å². The number of nitrogens with zero attached hydrogens (tertiary/aromatic N) is 2. The molecule has 0 saturated heterocycles. The summed E-state index contributed by atoms with van der Waals surface area (Å²) in [6.45, 7) is 4.72. The second kappa shape index (κ2) is 12.6. The molecular weight excluding hydrogens is 681 g/mol. The average Bonchev–Trinajstić information content (AvgIpc) is 3.34. The first kappa shape index (κ1) is 32.6. The van der Waals surface area contributed by atoms with Crippen molar-refractivity contribution in [2.75, 3.05) is 9.80 Å². The molecule has 0 aromatic heterocycles. The van der Waals surface area contributed by atoms with Gasteiger partial charge in [0.25, 0.3) is 0 Å². The molecule has 0 bridgehead atoms. The van der Waals surface area contributed by atoms with E-state index >= 15 is 0 Å². The molecular formula is C53H40N2O. The molecule has 7 aromatic carbocycles. The van der Waals surface area contributed by atoms with E-state index in [1.54, 1.807) is 0 Å². The molecule has 56 heavy (non-hydrogen) atoms. The van der Waals surface area contributed by atoms with Gasteiger partial charge in [0.15, 0.2) is 11.5 Å². The predicted octanol–water partition coefficient (Wildman–Crippen LogP) is 14.2. The van der Waals surface area contributed by atoms with Gasteiger partial charge in [-0.2, -0.15) is 0 Å². The number of para-hydroxylation sites is 5. The molecule has 268 valence electrons. The summed E-state index contributed by atoms with van der Waals surface area (Å²) in [7, 11) is 0. The van der Waals surface area contributed by atoms with Crippen LogP contribution in [0.15, 0.2) is 176 Å². The number of hydrogen-bond donors (Lipinski definition) is 0. The van der Waals surface area contributed by atoms with E-state index in [0.29, 0.717) is 5.92 Å². The molecule has 0 spiro atoms. The monoisotopic (exact) mass is 720 g/mol. The van der Waals surface area contributed by atoms with E-state index in [1.165, 1.54) is 61.1 Å². The molecule has 7 aromatic rings. The van der Waals surface area contributed by atoms with Crippen molar-refractivity contribution in [2.45, 2.75) is 25.3 Å². The molecule has 0 saturated carbocycles. The third kappa shape index (κ3) is 5.04. The van der Waals surface area contributed by atoms with Crippen LogP contribution in [0.5, 0.6) is 11.5 Å². The summed E-state index contributed by atoms with van der Waals surface area (Å²) in [5, 5.41) is 2.50. The molecule has 3 heteroatoms. The molecule has 4 aliphatic rings. The third-order valence-electron chi connectivity index (χ3n) is 12.2. The lowest BCUT2D eigenvalue weighted by Gasteiger charge is -2.36. The van der Waals surface area contributed by atoms with Crippen LogP contribution in [0.4, 0.5) is 28.4 Å². The molecule has 2 heterocycles. The van der Waals surface area contributed by atoms with Gasteiger partial charge in [-0.3, -0.25) is 0 Å². The number of ether oxygens (including phenoxy) is 1. The molecule has 0 amide bonds. The summed E-state index contributed by atoms with van der Waals surface area (Å²) < 4.78 is 6.32. The van der Waals surface area contributed by atoms with Crippen LogP contribution in [-0.2, 0) is 5.41 Å². The van der Waals surface area contributed by atoms with Crippen molar-refractivity contribution in [2.24, 2.45) is 5.92 Å². The van der Waals surface area contributed by atoms with Gasteiger partial charge in [-0.1, -0.05) is 160 Å². The molecule has 11 rings (SSSR count). The Labute approximate surface area is 328 Å². The highest BCUT2D eigenvalue weighted by Crippen LogP contribution is 2.54. The number of benzene rings is 7. The lowest BCUT2D eigenvalue weighted by molar-refractivity contribution is 0.477. The van der Waals surface area contributed by atoms with Crippen LogP contribution in [0.3, 0.4) is 0 Å². The predicted molar refractivity (Wildman–Crippen MR) is 235 cm³/mol. The zero-order chi connectivity index (χ0) is 37.4. The summed E-state index contributed by atoms with van der Waals surface area (Å²) >= 11 is 0. The maximum absolute atomic E-state index is 6.32. The van der Waals surface area contributed by atoms with Crippen LogP contribution in [0.1, 0.15) is 41.7 Å². The maximum Gasteiger partial charge on any atom is 0.151 e. The Kier molecular flexibility index (Phi) is 7.34. The highest BCUT2D eigenvalue weighted by Gasteiger charge is 2.37. The maximum atomic E-state index is 6.32. The number of rotatable bonds is 4. The Morgan fingerprint density at radius 3 is 2.04 bits per heavy atom. The topological polar surface area (TPSA) is 15.7 Å². The van der Waals surface area contributed by atoms with Crippen LogP contribution >= 0.6 is 0 Å². The van der Waals surface area contributed by atoms with Crippen molar-refractivity contribution in [1.29, 1.82) is 0 Å². The Morgan fingerprint density at radius 2 is 1.21 bits per heavy atom. The minimum Gasteiger partial charge on any atom is -0.453 e. The summed E-state index contributed by atoms with van der Waals surface area (Å²) in [5.74, 6) is 2.02. The number of allylic oxidation sites excluding steroid dienone is 2. The first-order chi connectivity index (χ1) is 27.5. The van der Waals surface area contributed by atoms with Gasteiger partial charge in [-0.05, 0) is 92.9 Å². The lowest BCUT2D eigenvalue weighted by atomic mass is 9.81. The van der Waals surface area contributed by atoms with Crippen LogP contribution in [-0.4, -0.2) is 6.04 Å². The summed E-state index contributed by atoms with van der Waals surface area (Å²) in [6, 6.07) is 53.0. The van der Waals surface area contributed by atoms with Gasteiger partial charge in [-0.25, -0.2) is 0 Å². The first-order valence-corrected chi connectivity index (χ1v) is 19.6. The SMILES string of the molecule is CC1(C)c2cc(C=Cc3cccc4c(N5c6ccccc6C=CC6C=CC=CC65)cccc34)ccc2-c2ccc(N3c4ccccc4Oc4ccccc43)cc21. The molecule has 0 N–H and O–H groups in total. The number of hydrogen-bond acceptors (Lipinski definition) is 3. The van der Waals surface area contributed by atoms with Crippen molar-refractivity contribution in [3.05, 3.63) is 204 Å². The Balaban J connectivity index is 0.943. The van der Waals surface area contributed by atoms with Gasteiger partial charge in [-0.15, -0.1) is 0 Å². The summed E-state index contributed by atoms with van der Waals surface area (Å²) in [4.78, 5) is 4.87. The van der Waals surface area contributed by atoms with Crippen LogP contribution in [0.2, 0.25) is 0 Å². The van der Waals surface area contributed by atoms with Crippen molar-refractivity contribution in [3.8, 4) is 22.6 Å². The van der Waals surface area contributed by atoms with E-state index in [-0.39, 0.29) is 11.5 Å². The molecule has 3 nitrogen and oxygen atoms in total. The van der Waals surface area contributed by atoms with E-state index in [2.05, 4.69) is 194 Å². The van der Waals surface area contributed by atoms with Crippen molar-refractivity contribution in [3.63, 3.8) is 0 Å². The molecule has 2 unspecified atom stereocenters. The Bertz CT molecular complexity index is 2810. The molecule has 2 aliphatic carbocycles. The third-order valence-corrected chi connectivity index (χ3v) is 12.2. The molecule has 2 atom stereocenters. The van der Waals surface area contributed by atoms with Gasteiger partial charge in [0.2, 0.25) is 0 Å². The largest absolute Gasteiger partial charge is 0.453 e. The molecule has 2 aliphatic heterocycles. The fourth-order valence-corrected chi connectivity index (χ4v) is 9.39. The average molecular weight is 721 g/mol. The van der Waals surface area contributed by atoms with Crippen LogP contribution < -0.4 is 14.5 Å². The van der Waals surface area contributed by atoms with Crippen LogP contribution in [0.25, 0.3) is 40.1 Å². The van der Waals surface area contributed by atoms with Crippen molar-refractivity contribution in [1.82, 2.24) is 0 Å². The van der Waals surface area contributed by atoms with Crippen LogP contribution in [0, 0.1) is 5.92 Å². The van der Waals surface area contributed by atoms with Gasteiger partial charge in [0, 0.05) is 33.8 Å². The number of anilines is 5. The lowest BCUT2D eigenvalue weighted by Crippen LogP contribution is -2.35. The van der Waals surface area contributed by atoms with E-state index in [4.69, 9.17) is 4.74 Å². The Morgan fingerprint density at radius 1 is 0.554 bits per heavy atom.